The first-order valence-corrected chi connectivity index (χ1v) is 13.4. The van der Waals surface area contributed by atoms with Crippen molar-refractivity contribution < 1.29 is 4.74 Å². The van der Waals surface area contributed by atoms with Gasteiger partial charge in [-0.2, -0.15) is 10.1 Å². The molecule has 3 aromatic heterocycles. The third-order valence-electron chi connectivity index (χ3n) is 7.82. The van der Waals surface area contributed by atoms with E-state index in [1.165, 1.54) is 17.5 Å². The fourth-order valence-corrected chi connectivity index (χ4v) is 5.55. The fraction of sp³-hybridized carbons (Fsp3) is 0.310. The number of nitrogens with one attached hydrogen (secondary N) is 1. The molecule has 5 aromatic rings. The van der Waals surface area contributed by atoms with E-state index in [1.807, 2.05) is 42.3 Å². The lowest BCUT2D eigenvalue weighted by atomic mass is 10.0. The molecule has 1 fully saturated rings. The number of nitrogens with two attached hydrogens (primary N) is 1. The molecule has 2 aliphatic rings. The lowest BCUT2D eigenvalue weighted by molar-refractivity contribution is 0.172. The summed E-state index contributed by atoms with van der Waals surface area (Å²) in [6, 6.07) is 16.2. The number of aromatic nitrogens is 5. The van der Waals surface area contributed by atoms with Crippen molar-refractivity contribution in [2.24, 2.45) is 0 Å². The van der Waals surface area contributed by atoms with Crippen LogP contribution in [0.3, 0.4) is 0 Å². The van der Waals surface area contributed by atoms with E-state index in [-0.39, 0.29) is 17.5 Å². The zero-order valence-corrected chi connectivity index (χ0v) is 21.8. The summed E-state index contributed by atoms with van der Waals surface area (Å²) in [5.41, 5.74) is 10.1. The summed E-state index contributed by atoms with van der Waals surface area (Å²) in [4.78, 5) is 27.7. The van der Waals surface area contributed by atoms with Crippen molar-refractivity contribution in [2.75, 3.05) is 37.3 Å². The Kier molecular flexibility index (Phi) is 5.70. The number of nitrogens with zero attached hydrogens (tertiary/aromatic N) is 6. The van der Waals surface area contributed by atoms with Gasteiger partial charge < -0.3 is 15.4 Å². The summed E-state index contributed by atoms with van der Waals surface area (Å²) in [5, 5.41) is 8.04. The van der Waals surface area contributed by atoms with Gasteiger partial charge in [0.15, 0.2) is 11.5 Å². The molecule has 3 N–H and O–H groups in total. The summed E-state index contributed by atoms with van der Waals surface area (Å²) in [7, 11) is 1.95. The van der Waals surface area contributed by atoms with E-state index in [1.54, 1.807) is 10.8 Å². The van der Waals surface area contributed by atoms with Crippen LogP contribution < -0.4 is 20.9 Å². The number of hydrogen-bond donors (Lipinski definition) is 2. The first-order chi connectivity index (χ1) is 19.0. The van der Waals surface area contributed by atoms with Crippen LogP contribution >= 0.6 is 0 Å². The van der Waals surface area contributed by atoms with Crippen LogP contribution in [0.25, 0.3) is 27.6 Å². The lowest BCUT2D eigenvalue weighted by Crippen LogP contribution is -2.36. The third kappa shape index (κ3) is 4.17. The van der Waals surface area contributed by atoms with Crippen molar-refractivity contribution >= 4 is 33.7 Å². The van der Waals surface area contributed by atoms with Gasteiger partial charge in [0, 0.05) is 19.8 Å². The van der Waals surface area contributed by atoms with Gasteiger partial charge in [0.25, 0.3) is 5.56 Å². The molecule has 2 aliphatic heterocycles. The molecule has 1 saturated heterocycles. The van der Waals surface area contributed by atoms with Crippen LogP contribution in [-0.4, -0.2) is 62.4 Å². The maximum atomic E-state index is 13.8. The van der Waals surface area contributed by atoms with Crippen LogP contribution in [0, 0.1) is 0 Å². The van der Waals surface area contributed by atoms with Gasteiger partial charge in [-0.25, -0.2) is 4.98 Å². The fourth-order valence-electron chi connectivity index (χ4n) is 5.55. The molecule has 1 unspecified atom stereocenters. The second-order valence-corrected chi connectivity index (χ2v) is 10.5. The van der Waals surface area contributed by atoms with Gasteiger partial charge in [0.1, 0.15) is 17.2 Å². The van der Waals surface area contributed by atoms with Gasteiger partial charge in [0.05, 0.1) is 23.1 Å². The number of nitrogen functional groups attached to an aromatic ring is 1. The number of aryl methyl sites for hydroxylation is 1. The number of rotatable bonds is 6. The quantitative estimate of drug-likeness (QED) is 0.349. The Morgan fingerprint density at radius 3 is 2.77 bits per heavy atom. The minimum atomic E-state index is -0.265. The molecule has 0 saturated carbocycles. The average Bonchev–Trinajstić information content (AvgIpc) is 3.33. The number of hydrogen-bond acceptors (Lipinski definition) is 8. The molecule has 2 aromatic carbocycles. The van der Waals surface area contributed by atoms with E-state index < -0.39 is 0 Å². The normalized spacial score (nSPS) is 17.1. The summed E-state index contributed by atoms with van der Waals surface area (Å²) < 4.78 is 7.87. The van der Waals surface area contributed by atoms with E-state index in [0.29, 0.717) is 34.4 Å². The van der Waals surface area contributed by atoms with Crippen molar-refractivity contribution in [2.45, 2.75) is 31.9 Å². The molecule has 0 bridgehead atoms. The van der Waals surface area contributed by atoms with Gasteiger partial charge in [0.2, 0.25) is 5.95 Å². The SMILES string of the molecule is CN(CC1CCc2ccccc2O1)c1ncc2c3[nH]nc(N)c3c(=O)n(-c3ccc(CN4CCC4)cc3)c2n1. The van der Waals surface area contributed by atoms with Crippen molar-refractivity contribution in [3.63, 3.8) is 0 Å². The number of aromatic amines is 1. The molecule has 39 heavy (non-hydrogen) atoms. The van der Waals surface area contributed by atoms with E-state index in [9.17, 15) is 4.79 Å². The second kappa shape index (κ2) is 9.39. The molecular formula is C29H30N8O2. The molecule has 7 rings (SSSR count). The molecule has 0 spiro atoms. The molecule has 0 radical (unpaired) electrons. The van der Waals surface area contributed by atoms with Crippen molar-refractivity contribution in [3.8, 4) is 11.4 Å². The smallest absolute Gasteiger partial charge is 0.270 e. The standard InChI is InChI=1S/C29H30N8O2/c1-35(17-21-12-9-19-5-2-3-6-23(19)39-21)29-31-15-22-25-24(26(30)34-33-25)28(38)37(27(22)32-29)20-10-7-18(8-11-20)16-36-13-4-14-36/h2-3,5-8,10-11,15,21H,4,9,12-14,16-17H2,1H3,(H3,30,33,34). The van der Waals surface area contributed by atoms with Gasteiger partial charge in [-0.15, -0.1) is 0 Å². The maximum Gasteiger partial charge on any atom is 0.270 e. The third-order valence-corrected chi connectivity index (χ3v) is 7.82. The molecule has 10 nitrogen and oxygen atoms in total. The Labute approximate surface area is 225 Å². The first kappa shape index (κ1) is 23.7. The zero-order valence-electron chi connectivity index (χ0n) is 21.8. The number of fused-ring (bicyclic) bond motifs is 4. The van der Waals surface area contributed by atoms with Crippen LogP contribution in [0.5, 0.6) is 5.75 Å². The topological polar surface area (TPSA) is 118 Å². The van der Waals surface area contributed by atoms with Gasteiger partial charge >= 0.3 is 0 Å². The monoisotopic (exact) mass is 522 g/mol. The highest BCUT2D eigenvalue weighted by molar-refractivity contribution is 6.05. The molecule has 198 valence electrons. The van der Waals surface area contributed by atoms with Crippen LogP contribution in [0.1, 0.15) is 24.0 Å². The summed E-state index contributed by atoms with van der Waals surface area (Å²) in [6.07, 6.45) is 4.89. The number of likely N-dealkylation sites (N-methyl/N-ethyl adjacent to an activating group) is 1. The van der Waals surface area contributed by atoms with Crippen LogP contribution in [0.2, 0.25) is 0 Å². The van der Waals surface area contributed by atoms with E-state index in [2.05, 4.69) is 38.3 Å². The maximum absolute atomic E-state index is 13.8. The molecule has 1 atom stereocenters. The predicted octanol–water partition coefficient (Wildman–Crippen LogP) is 3.27. The largest absolute Gasteiger partial charge is 0.488 e. The van der Waals surface area contributed by atoms with Crippen LogP contribution in [0.15, 0.2) is 59.5 Å². The minimum Gasteiger partial charge on any atom is -0.488 e. The van der Waals surface area contributed by atoms with Gasteiger partial charge in [-0.1, -0.05) is 30.3 Å². The van der Waals surface area contributed by atoms with Gasteiger partial charge in [-0.05, 0) is 61.7 Å². The first-order valence-electron chi connectivity index (χ1n) is 13.4. The van der Waals surface area contributed by atoms with E-state index in [0.717, 1.165) is 43.9 Å². The molecule has 0 amide bonds. The molecular weight excluding hydrogens is 492 g/mol. The second-order valence-electron chi connectivity index (χ2n) is 10.5. The van der Waals surface area contributed by atoms with E-state index in [4.69, 9.17) is 15.5 Å². The van der Waals surface area contributed by atoms with Gasteiger partial charge in [-0.3, -0.25) is 19.4 Å². The number of para-hydroxylation sites is 1. The summed E-state index contributed by atoms with van der Waals surface area (Å²) >= 11 is 0. The zero-order chi connectivity index (χ0) is 26.5. The average molecular weight is 523 g/mol. The highest BCUT2D eigenvalue weighted by atomic mass is 16.5. The minimum absolute atomic E-state index is 0.0141. The number of ether oxygens (including phenoxy) is 1. The Morgan fingerprint density at radius 2 is 1.97 bits per heavy atom. The number of benzene rings is 2. The Balaban J connectivity index is 1.26. The summed E-state index contributed by atoms with van der Waals surface area (Å²) in [6.45, 7) is 3.80. The Hall–Kier alpha value is -4.44. The number of pyridine rings is 1. The molecule has 5 heterocycles. The van der Waals surface area contributed by atoms with Crippen molar-refractivity contribution in [1.82, 2.24) is 29.6 Å². The predicted molar refractivity (Wildman–Crippen MR) is 152 cm³/mol. The Bertz CT molecular complexity index is 1740. The lowest BCUT2D eigenvalue weighted by Gasteiger charge is -2.30. The van der Waals surface area contributed by atoms with Crippen LogP contribution in [0.4, 0.5) is 11.8 Å². The Morgan fingerprint density at radius 1 is 1.15 bits per heavy atom. The molecule has 10 heteroatoms. The summed E-state index contributed by atoms with van der Waals surface area (Å²) in [5.74, 6) is 1.61. The highest BCUT2D eigenvalue weighted by Gasteiger charge is 2.24. The van der Waals surface area contributed by atoms with Crippen molar-refractivity contribution in [1.29, 1.82) is 0 Å². The number of anilines is 2. The van der Waals surface area contributed by atoms with Crippen LogP contribution in [-0.2, 0) is 13.0 Å². The molecule has 0 aliphatic carbocycles. The van der Waals surface area contributed by atoms with Crippen molar-refractivity contribution in [3.05, 3.63) is 76.2 Å². The number of likely N-dealkylation sites (tertiary alicyclic amines) is 1. The van der Waals surface area contributed by atoms with E-state index >= 15 is 0 Å². The number of H-pyrrole nitrogens is 1. The highest BCUT2D eigenvalue weighted by Crippen LogP contribution is 2.29.